The van der Waals surface area contributed by atoms with Gasteiger partial charge in [-0.25, -0.2) is 0 Å². The van der Waals surface area contributed by atoms with Gasteiger partial charge in [0.1, 0.15) is 5.69 Å². The Labute approximate surface area is 183 Å². The molecule has 2 aliphatic heterocycles. The molecule has 1 atom stereocenters. The molecule has 164 valence electrons. The molecule has 4 rings (SSSR count). The second-order valence-electron chi connectivity index (χ2n) is 8.34. The Morgan fingerprint density at radius 2 is 2.10 bits per heavy atom. The lowest BCUT2D eigenvalue weighted by Gasteiger charge is -2.17. The molecule has 0 radical (unpaired) electrons. The first-order valence-electron chi connectivity index (χ1n) is 11.2. The highest BCUT2D eigenvalue weighted by Gasteiger charge is 2.25. The van der Waals surface area contributed by atoms with Crippen molar-refractivity contribution in [1.82, 2.24) is 19.8 Å². The van der Waals surface area contributed by atoms with Crippen molar-refractivity contribution in [1.29, 1.82) is 0 Å². The van der Waals surface area contributed by atoms with Gasteiger partial charge in [-0.2, -0.15) is 0 Å². The average molecular weight is 422 g/mol. The first-order chi connectivity index (χ1) is 15.1. The van der Waals surface area contributed by atoms with E-state index in [0.717, 1.165) is 49.3 Å². The Hall–Kier alpha value is -2.93. The maximum absolute atomic E-state index is 12.5. The van der Waals surface area contributed by atoms with Gasteiger partial charge in [-0.05, 0) is 62.5 Å². The second kappa shape index (κ2) is 9.92. The molecular formula is C24H31N5O2. The van der Waals surface area contributed by atoms with E-state index in [9.17, 15) is 9.59 Å². The molecule has 2 aliphatic rings. The molecule has 7 nitrogen and oxygen atoms in total. The number of aromatic amines is 1. The summed E-state index contributed by atoms with van der Waals surface area (Å²) in [5.74, 6) is 0.0510. The van der Waals surface area contributed by atoms with E-state index < -0.39 is 0 Å². The van der Waals surface area contributed by atoms with Crippen LogP contribution in [0.5, 0.6) is 0 Å². The molecule has 0 aromatic carbocycles. The maximum Gasteiger partial charge on any atom is 0.271 e. The van der Waals surface area contributed by atoms with Crippen molar-refractivity contribution in [3.05, 3.63) is 58.8 Å². The number of nitrogens with one attached hydrogen (secondary N) is 2. The Morgan fingerprint density at radius 3 is 2.90 bits per heavy atom. The summed E-state index contributed by atoms with van der Waals surface area (Å²) in [5.41, 5.74) is 3.37. The molecule has 0 saturated carbocycles. The number of H-pyrrole nitrogens is 1. The molecule has 2 N–H and O–H groups in total. The van der Waals surface area contributed by atoms with Gasteiger partial charge in [0.15, 0.2) is 0 Å². The molecule has 0 bridgehead atoms. The van der Waals surface area contributed by atoms with Crippen LogP contribution in [0.2, 0.25) is 0 Å². The summed E-state index contributed by atoms with van der Waals surface area (Å²) < 4.78 is 0. The Bertz CT molecular complexity index is 993. The molecule has 4 heterocycles. The number of hydrogen-bond donors (Lipinski definition) is 2. The predicted octanol–water partition coefficient (Wildman–Crippen LogP) is 2.66. The van der Waals surface area contributed by atoms with Crippen LogP contribution in [0.4, 0.5) is 5.69 Å². The molecule has 2 saturated heterocycles. The molecule has 0 aliphatic carbocycles. The van der Waals surface area contributed by atoms with Gasteiger partial charge in [0, 0.05) is 55.4 Å². The second-order valence-corrected chi connectivity index (χ2v) is 8.34. The summed E-state index contributed by atoms with van der Waals surface area (Å²) in [6.45, 7) is 6.47. The van der Waals surface area contributed by atoms with Crippen LogP contribution in [0, 0.1) is 0 Å². The van der Waals surface area contributed by atoms with Crippen LogP contribution in [-0.4, -0.2) is 64.4 Å². The summed E-state index contributed by atoms with van der Waals surface area (Å²) in [5, 5.41) is 3.35. The van der Waals surface area contributed by atoms with E-state index in [1.54, 1.807) is 18.5 Å². The van der Waals surface area contributed by atoms with Crippen molar-refractivity contribution >= 4 is 11.6 Å². The highest BCUT2D eigenvalue weighted by atomic mass is 16.2. The number of carbonyl (C=O) groups excluding carboxylic acids is 1. The summed E-state index contributed by atoms with van der Waals surface area (Å²) in [4.78, 5) is 36.3. The quantitative estimate of drug-likeness (QED) is 0.672. The fourth-order valence-electron chi connectivity index (χ4n) is 4.28. The lowest BCUT2D eigenvalue weighted by atomic mass is 10.1. The van der Waals surface area contributed by atoms with E-state index in [0.29, 0.717) is 18.8 Å². The number of carbonyl (C=O) groups is 1. The topological polar surface area (TPSA) is 81.3 Å². The fraction of sp³-hybridized carbons (Fsp3) is 0.458. The molecule has 0 unspecified atom stereocenters. The predicted molar refractivity (Wildman–Crippen MR) is 123 cm³/mol. The average Bonchev–Trinajstić information content (AvgIpc) is 3.47. The molecule has 31 heavy (non-hydrogen) atoms. The van der Waals surface area contributed by atoms with Crippen LogP contribution >= 0.6 is 0 Å². The molecule has 2 aromatic rings. The number of rotatable bonds is 7. The van der Waals surface area contributed by atoms with Gasteiger partial charge in [-0.1, -0.05) is 13.0 Å². The van der Waals surface area contributed by atoms with E-state index in [4.69, 9.17) is 0 Å². The van der Waals surface area contributed by atoms with Gasteiger partial charge in [0.25, 0.3) is 5.56 Å². The Kier molecular flexibility index (Phi) is 6.82. The van der Waals surface area contributed by atoms with Gasteiger partial charge >= 0.3 is 0 Å². The smallest absolute Gasteiger partial charge is 0.271 e. The molecule has 2 fully saturated rings. The fourth-order valence-corrected chi connectivity index (χ4v) is 4.28. The third-order valence-corrected chi connectivity index (χ3v) is 6.10. The van der Waals surface area contributed by atoms with Crippen molar-refractivity contribution in [2.24, 2.45) is 0 Å². The van der Waals surface area contributed by atoms with Crippen LogP contribution in [-0.2, 0) is 11.2 Å². The summed E-state index contributed by atoms with van der Waals surface area (Å²) >= 11 is 0. The minimum absolute atomic E-state index is 0.0510. The van der Waals surface area contributed by atoms with Crippen LogP contribution in [0.15, 0.2) is 47.5 Å². The van der Waals surface area contributed by atoms with Crippen molar-refractivity contribution < 1.29 is 4.79 Å². The van der Waals surface area contributed by atoms with Crippen LogP contribution in [0.1, 0.15) is 31.9 Å². The monoisotopic (exact) mass is 421 g/mol. The van der Waals surface area contributed by atoms with E-state index in [1.165, 1.54) is 12.8 Å². The lowest BCUT2D eigenvalue weighted by molar-refractivity contribution is -0.125. The first-order valence-corrected chi connectivity index (χ1v) is 11.2. The highest BCUT2D eigenvalue weighted by Crippen LogP contribution is 2.22. The Balaban J connectivity index is 1.36. The zero-order valence-electron chi connectivity index (χ0n) is 18.1. The van der Waals surface area contributed by atoms with Gasteiger partial charge in [-0.3, -0.25) is 19.5 Å². The minimum Gasteiger partial charge on any atom is -0.376 e. The number of amides is 1. The number of pyridine rings is 2. The van der Waals surface area contributed by atoms with Crippen molar-refractivity contribution in [2.75, 3.05) is 38.0 Å². The lowest BCUT2D eigenvalue weighted by Crippen LogP contribution is -2.31. The van der Waals surface area contributed by atoms with Crippen molar-refractivity contribution in [3.8, 4) is 11.1 Å². The molecule has 0 spiro atoms. The first kappa shape index (κ1) is 21.3. The van der Waals surface area contributed by atoms with Crippen LogP contribution < -0.4 is 10.9 Å². The van der Waals surface area contributed by atoms with E-state index in [2.05, 4.69) is 27.1 Å². The molecule has 7 heteroatoms. The van der Waals surface area contributed by atoms with E-state index >= 15 is 0 Å². The summed E-state index contributed by atoms with van der Waals surface area (Å²) in [6.07, 6.45) is 11.4. The van der Waals surface area contributed by atoms with Crippen molar-refractivity contribution in [3.63, 3.8) is 0 Å². The Morgan fingerprint density at radius 1 is 1.26 bits per heavy atom. The number of aryl methyl sites for hydroxylation is 1. The van der Waals surface area contributed by atoms with Crippen LogP contribution in [0.3, 0.4) is 0 Å². The number of anilines is 1. The van der Waals surface area contributed by atoms with Gasteiger partial charge in [0.05, 0.1) is 0 Å². The molecular weight excluding hydrogens is 390 g/mol. The third-order valence-electron chi connectivity index (χ3n) is 6.10. The third kappa shape index (κ3) is 5.41. The van der Waals surface area contributed by atoms with Gasteiger partial charge in [-0.15, -0.1) is 0 Å². The summed E-state index contributed by atoms with van der Waals surface area (Å²) in [7, 11) is 0. The van der Waals surface area contributed by atoms with Crippen molar-refractivity contribution in [2.45, 2.75) is 38.6 Å². The van der Waals surface area contributed by atoms with E-state index in [1.807, 2.05) is 29.2 Å². The van der Waals surface area contributed by atoms with Gasteiger partial charge in [0.2, 0.25) is 5.91 Å². The highest BCUT2D eigenvalue weighted by molar-refractivity contribution is 5.87. The zero-order valence-corrected chi connectivity index (χ0v) is 18.1. The molecule has 1 amide bonds. The zero-order chi connectivity index (χ0) is 21.6. The number of likely N-dealkylation sites (tertiary alicyclic amines) is 2. The van der Waals surface area contributed by atoms with Gasteiger partial charge < -0.3 is 15.2 Å². The number of hydrogen-bond acceptors (Lipinski definition) is 5. The van der Waals surface area contributed by atoms with E-state index in [-0.39, 0.29) is 17.5 Å². The largest absolute Gasteiger partial charge is 0.376 e. The standard InChI is InChI=1S/C24H31N5O2/c1-2-20-14-18(7-9-25-20)19-15-22(24(31)26-16-19)27-21-8-13-29(17-21)23(30)6-5-12-28-10-3-4-11-28/h5-7,9,14-16,21,27H,2-4,8,10-13,17H2,1H3,(H,26,31)/b6-5+/t21-/m1/s1. The number of aromatic nitrogens is 2. The minimum atomic E-state index is -0.149. The number of nitrogens with zero attached hydrogens (tertiary/aromatic N) is 3. The van der Waals surface area contributed by atoms with Crippen LogP contribution in [0.25, 0.3) is 11.1 Å². The maximum atomic E-state index is 12.5. The summed E-state index contributed by atoms with van der Waals surface area (Å²) in [6, 6.07) is 5.94. The normalized spacial score (nSPS) is 19.4. The SMILES string of the molecule is CCc1cc(-c2c[nH]c(=O)c(N[C@@H]3CCN(C(=O)/C=C/CN4CCCC4)C3)c2)ccn1. The molecule has 2 aromatic heterocycles.